The second-order valence-corrected chi connectivity index (χ2v) is 15.7. The smallest absolute Gasteiger partial charge is 0.404 e. The molecule has 0 aliphatic carbocycles. The van der Waals surface area contributed by atoms with Crippen molar-refractivity contribution in [3.63, 3.8) is 0 Å². The van der Waals surface area contributed by atoms with Gasteiger partial charge in [0.2, 0.25) is 0 Å². The van der Waals surface area contributed by atoms with Gasteiger partial charge in [-0.3, -0.25) is 4.79 Å². The molecule has 0 saturated carbocycles. The van der Waals surface area contributed by atoms with Crippen LogP contribution in [0.1, 0.15) is 81.2 Å². The Bertz CT molecular complexity index is 708. The number of ketones is 1. The number of hydrogen-bond acceptors (Lipinski definition) is 5. The second kappa shape index (κ2) is 10.2. The number of aromatic nitrogens is 1. The molecular weight excluding hydrogens is 404 g/mol. The zero-order valence-corrected chi connectivity index (χ0v) is 21.2. The molecule has 0 saturated heterocycles. The second-order valence-electron chi connectivity index (χ2n) is 9.85. The molecule has 0 aliphatic rings. The van der Waals surface area contributed by atoms with Gasteiger partial charge in [-0.05, 0) is 35.9 Å². The molecule has 0 spiro atoms. The van der Waals surface area contributed by atoms with Crippen LogP contribution in [0.4, 0.5) is 4.79 Å². The van der Waals surface area contributed by atoms with Crippen molar-refractivity contribution in [3.05, 3.63) is 15.6 Å². The maximum atomic E-state index is 12.9. The third-order valence-corrected chi connectivity index (χ3v) is 11.7. The normalized spacial score (nSPS) is 13.8. The van der Waals surface area contributed by atoms with Crippen LogP contribution < -0.4 is 5.32 Å². The quantitative estimate of drug-likeness (QED) is 0.348. The summed E-state index contributed by atoms with van der Waals surface area (Å²) in [6.07, 6.45) is -0.782. The highest BCUT2D eigenvalue weighted by molar-refractivity contribution is 7.13. The van der Waals surface area contributed by atoms with Crippen molar-refractivity contribution in [1.82, 2.24) is 10.3 Å². The highest BCUT2D eigenvalue weighted by Gasteiger charge is 2.37. The van der Waals surface area contributed by atoms with Gasteiger partial charge in [0.25, 0.3) is 0 Å². The van der Waals surface area contributed by atoms with Crippen LogP contribution in [-0.2, 0) is 11.0 Å². The van der Waals surface area contributed by atoms with Crippen molar-refractivity contribution in [2.24, 2.45) is 11.8 Å². The summed E-state index contributed by atoms with van der Waals surface area (Å²) in [5.74, 6) is 0.372. The van der Waals surface area contributed by atoms with E-state index in [9.17, 15) is 9.59 Å². The summed E-state index contributed by atoms with van der Waals surface area (Å²) in [6.45, 7) is 19.9. The topological polar surface area (TPSA) is 88.5 Å². The van der Waals surface area contributed by atoms with Gasteiger partial charge in [0.1, 0.15) is 0 Å². The van der Waals surface area contributed by atoms with E-state index in [0.717, 1.165) is 10.6 Å². The Morgan fingerprint density at radius 1 is 1.21 bits per heavy atom. The summed E-state index contributed by atoms with van der Waals surface area (Å²) < 4.78 is 6.34. The third kappa shape index (κ3) is 7.50. The molecule has 1 rings (SSSR count). The van der Waals surface area contributed by atoms with E-state index in [2.05, 4.69) is 58.0 Å². The molecule has 166 valence electrons. The Morgan fingerprint density at radius 3 is 2.24 bits per heavy atom. The molecule has 0 radical (unpaired) electrons. The summed E-state index contributed by atoms with van der Waals surface area (Å²) in [4.78, 5) is 29.5. The maximum Gasteiger partial charge on any atom is 0.404 e. The van der Waals surface area contributed by atoms with E-state index in [1.807, 2.05) is 13.8 Å². The molecule has 1 aromatic rings. The number of nitrogens with zero attached hydrogens (tertiary/aromatic N) is 1. The monoisotopic (exact) mass is 442 g/mol. The molecule has 0 fully saturated rings. The number of carbonyl (C=O) groups excluding carboxylic acids is 1. The van der Waals surface area contributed by atoms with E-state index in [1.165, 1.54) is 11.3 Å². The van der Waals surface area contributed by atoms with Crippen molar-refractivity contribution in [1.29, 1.82) is 0 Å². The van der Waals surface area contributed by atoms with Crippen LogP contribution in [0.3, 0.4) is 0 Å². The molecule has 8 heteroatoms. The summed E-state index contributed by atoms with van der Waals surface area (Å²) in [7, 11) is -1.91. The van der Waals surface area contributed by atoms with E-state index in [1.54, 1.807) is 0 Å². The fourth-order valence-corrected chi connectivity index (χ4v) is 4.54. The Morgan fingerprint density at radius 2 is 1.79 bits per heavy atom. The SMILES string of the molecule is CC(C)c1sc(C(=O)C[C@@H](CNC(=O)O)C(C)C)nc1CO[Si](C)(C)C(C)(C)C. The molecule has 0 unspecified atom stereocenters. The van der Waals surface area contributed by atoms with Crippen LogP contribution in [0.25, 0.3) is 0 Å². The molecule has 0 aromatic carbocycles. The summed E-state index contributed by atoms with van der Waals surface area (Å²) in [5.41, 5.74) is 0.864. The van der Waals surface area contributed by atoms with Gasteiger partial charge in [0.05, 0.1) is 12.3 Å². The number of amides is 1. The lowest BCUT2D eigenvalue weighted by Gasteiger charge is -2.36. The van der Waals surface area contributed by atoms with Crippen LogP contribution in [0.15, 0.2) is 0 Å². The number of rotatable bonds is 10. The van der Waals surface area contributed by atoms with Gasteiger partial charge in [-0.15, -0.1) is 11.3 Å². The van der Waals surface area contributed by atoms with E-state index >= 15 is 0 Å². The molecule has 2 N–H and O–H groups in total. The number of thiazole rings is 1. The fraction of sp³-hybridized carbons (Fsp3) is 0.762. The van der Waals surface area contributed by atoms with Crippen LogP contribution >= 0.6 is 11.3 Å². The van der Waals surface area contributed by atoms with Gasteiger partial charge in [-0.2, -0.15) is 0 Å². The zero-order chi connectivity index (χ0) is 22.6. The average molecular weight is 443 g/mol. The summed E-state index contributed by atoms with van der Waals surface area (Å²) >= 11 is 1.45. The fourth-order valence-electron chi connectivity index (χ4n) is 2.59. The zero-order valence-electron chi connectivity index (χ0n) is 19.4. The highest BCUT2D eigenvalue weighted by Crippen LogP contribution is 2.38. The average Bonchev–Trinajstić information content (AvgIpc) is 2.99. The van der Waals surface area contributed by atoms with Crippen molar-refractivity contribution in [2.45, 2.75) is 85.5 Å². The first kappa shape index (κ1) is 25.8. The lowest BCUT2D eigenvalue weighted by Crippen LogP contribution is -2.40. The standard InChI is InChI=1S/C21H38N2O4SSi/c1-13(2)15(11-22-20(25)26)10-17(24)19-23-16(18(28-19)14(3)4)12-27-29(8,9)21(5,6)7/h13-15,22H,10-12H2,1-9H3,(H,25,26)/t15-/m0/s1. The van der Waals surface area contributed by atoms with Crippen LogP contribution in [0, 0.1) is 11.8 Å². The minimum absolute atomic E-state index is 0.0265. The Labute approximate surface area is 180 Å². The van der Waals surface area contributed by atoms with Crippen LogP contribution in [0.5, 0.6) is 0 Å². The number of hydrogen-bond donors (Lipinski definition) is 2. The summed E-state index contributed by atoms with van der Waals surface area (Å²) in [6, 6.07) is 0. The number of carbonyl (C=O) groups is 2. The third-order valence-electron chi connectivity index (χ3n) is 5.77. The van der Waals surface area contributed by atoms with Crippen molar-refractivity contribution in [2.75, 3.05) is 6.54 Å². The molecule has 6 nitrogen and oxygen atoms in total. The first-order chi connectivity index (χ1) is 13.2. The predicted molar refractivity (Wildman–Crippen MR) is 121 cm³/mol. The van der Waals surface area contributed by atoms with E-state index < -0.39 is 14.4 Å². The number of Topliss-reactive ketones (excluding diaryl/α,β-unsaturated/α-hetero) is 1. The Kier molecular flexibility index (Phi) is 9.04. The molecule has 1 amide bonds. The molecule has 1 atom stereocenters. The molecule has 0 aliphatic heterocycles. The molecule has 1 heterocycles. The molecule has 0 bridgehead atoms. The highest BCUT2D eigenvalue weighted by atomic mass is 32.1. The van der Waals surface area contributed by atoms with Gasteiger partial charge >= 0.3 is 6.09 Å². The van der Waals surface area contributed by atoms with E-state index in [0.29, 0.717) is 11.6 Å². The van der Waals surface area contributed by atoms with Gasteiger partial charge in [-0.25, -0.2) is 9.78 Å². The van der Waals surface area contributed by atoms with E-state index in [-0.39, 0.29) is 41.5 Å². The van der Waals surface area contributed by atoms with Gasteiger partial charge in [-0.1, -0.05) is 48.5 Å². The molecule has 29 heavy (non-hydrogen) atoms. The molecular formula is C21H38N2O4SSi. The molecule has 1 aromatic heterocycles. The number of nitrogens with one attached hydrogen (secondary N) is 1. The van der Waals surface area contributed by atoms with Crippen LogP contribution in [0.2, 0.25) is 18.1 Å². The Balaban J connectivity index is 2.98. The Hall–Kier alpha value is -1.25. The van der Waals surface area contributed by atoms with Crippen molar-refractivity contribution >= 4 is 31.5 Å². The largest absolute Gasteiger partial charge is 0.465 e. The first-order valence-corrected chi connectivity index (χ1v) is 14.0. The van der Waals surface area contributed by atoms with Crippen molar-refractivity contribution in [3.8, 4) is 0 Å². The lowest BCUT2D eigenvalue weighted by molar-refractivity contribution is 0.0945. The minimum atomic E-state index is -1.91. The van der Waals surface area contributed by atoms with Gasteiger partial charge in [0.15, 0.2) is 19.1 Å². The first-order valence-electron chi connectivity index (χ1n) is 10.3. The number of carboxylic acid groups (broad SMARTS) is 1. The predicted octanol–water partition coefficient (Wildman–Crippen LogP) is 5.90. The van der Waals surface area contributed by atoms with Crippen molar-refractivity contribution < 1.29 is 19.1 Å². The maximum absolute atomic E-state index is 12.9. The summed E-state index contributed by atoms with van der Waals surface area (Å²) in [5, 5.41) is 11.9. The van der Waals surface area contributed by atoms with Gasteiger partial charge in [0, 0.05) is 17.8 Å². The van der Waals surface area contributed by atoms with Crippen LogP contribution in [-0.4, -0.2) is 36.8 Å². The van der Waals surface area contributed by atoms with Gasteiger partial charge < -0.3 is 14.8 Å². The van der Waals surface area contributed by atoms with E-state index in [4.69, 9.17) is 9.53 Å². The lowest BCUT2D eigenvalue weighted by atomic mass is 9.91. The minimum Gasteiger partial charge on any atom is -0.465 e.